The molecule has 1 aromatic heterocycles. The molecule has 0 spiro atoms. The van der Waals surface area contributed by atoms with Gasteiger partial charge in [-0.25, -0.2) is 4.98 Å². The molecule has 1 aliphatic heterocycles. The number of aromatic nitrogens is 1. The van der Waals surface area contributed by atoms with Gasteiger partial charge >= 0.3 is 0 Å². The number of ether oxygens (including phenoxy) is 2. The van der Waals surface area contributed by atoms with Crippen LogP contribution in [0.3, 0.4) is 0 Å². The predicted octanol–water partition coefficient (Wildman–Crippen LogP) is 2.01. The summed E-state index contributed by atoms with van der Waals surface area (Å²) in [6.07, 6.45) is -3.61. The molecule has 0 unspecified atom stereocenters. The molecule has 166 valence electrons. The third kappa shape index (κ3) is 4.86. The van der Waals surface area contributed by atoms with Crippen molar-refractivity contribution in [2.24, 2.45) is 0 Å². The van der Waals surface area contributed by atoms with Gasteiger partial charge in [-0.15, -0.1) is 11.8 Å². The van der Waals surface area contributed by atoms with Gasteiger partial charge in [-0.1, -0.05) is 23.9 Å². The van der Waals surface area contributed by atoms with Crippen molar-refractivity contribution in [1.82, 2.24) is 4.98 Å². The highest BCUT2D eigenvalue weighted by Gasteiger charge is 2.44. The Kier molecular flexibility index (Phi) is 8.23. The van der Waals surface area contributed by atoms with Crippen molar-refractivity contribution in [3.63, 3.8) is 0 Å². The minimum absolute atomic E-state index is 0.261. The van der Waals surface area contributed by atoms with Crippen molar-refractivity contribution < 1.29 is 29.9 Å². The van der Waals surface area contributed by atoms with Gasteiger partial charge in [-0.05, 0) is 39.9 Å². The van der Waals surface area contributed by atoms with Crippen LogP contribution in [0, 0.1) is 11.3 Å². The number of aliphatic hydroxyl groups is 4. The van der Waals surface area contributed by atoms with Crippen LogP contribution in [0.1, 0.15) is 5.56 Å². The predicted molar refractivity (Wildman–Crippen MR) is 120 cm³/mol. The molecule has 3 rings (SSSR count). The summed E-state index contributed by atoms with van der Waals surface area (Å²) in [4.78, 5) is 4.54. The summed E-state index contributed by atoms with van der Waals surface area (Å²) < 4.78 is 11.4. The van der Waals surface area contributed by atoms with Gasteiger partial charge in [0.05, 0.1) is 23.8 Å². The highest BCUT2D eigenvalue weighted by molar-refractivity contribution is 9.10. The number of aliphatic hydroxyl groups excluding tert-OH is 4. The first kappa shape index (κ1) is 24.3. The van der Waals surface area contributed by atoms with E-state index in [2.05, 4.69) is 27.0 Å². The van der Waals surface area contributed by atoms with Gasteiger partial charge in [0.25, 0.3) is 0 Å². The number of benzene rings is 1. The standard InChI is InChI=1S/C20H21BrN2O6S2/c1-28-10-5-3-9(4-6-10)13-11(7-22)18(23-19(30-2)14(13)21)31-20-17(27)16(26)15(25)12(8-24)29-20/h3-6,12,15-17,20,24-27H,8H2,1-2H3/t12-,15-,16+,17-,20+/m0/s1. The number of rotatable bonds is 6. The van der Waals surface area contributed by atoms with Gasteiger partial charge < -0.3 is 29.9 Å². The van der Waals surface area contributed by atoms with Gasteiger partial charge in [0, 0.05) is 5.56 Å². The van der Waals surface area contributed by atoms with Crippen molar-refractivity contribution in [2.45, 2.75) is 39.9 Å². The Morgan fingerprint density at radius 2 is 1.84 bits per heavy atom. The smallest absolute Gasteiger partial charge is 0.138 e. The van der Waals surface area contributed by atoms with E-state index < -0.39 is 36.5 Å². The molecule has 0 saturated carbocycles. The SMILES string of the molecule is COc1ccc(-c2c(Br)c(SC)nc(S[C@H]3O[C@@H](CO)[C@H](O)[C@@H](O)[C@@H]3O)c2C#N)cc1. The van der Waals surface area contributed by atoms with E-state index in [4.69, 9.17) is 9.47 Å². The Morgan fingerprint density at radius 3 is 2.39 bits per heavy atom. The van der Waals surface area contributed by atoms with E-state index in [1.54, 1.807) is 19.2 Å². The number of methoxy groups -OCH3 is 1. The number of hydrogen-bond acceptors (Lipinski definition) is 10. The molecule has 11 heteroatoms. The Bertz CT molecular complexity index is 970. The summed E-state index contributed by atoms with van der Waals surface area (Å²) in [5, 5.41) is 50.8. The minimum Gasteiger partial charge on any atom is -0.497 e. The zero-order valence-electron chi connectivity index (χ0n) is 16.6. The summed E-state index contributed by atoms with van der Waals surface area (Å²) in [6.45, 7) is -0.534. The van der Waals surface area contributed by atoms with Crippen LogP contribution in [-0.2, 0) is 4.74 Å². The van der Waals surface area contributed by atoms with Crippen LogP contribution in [0.2, 0.25) is 0 Å². The number of thioether (sulfide) groups is 2. The lowest BCUT2D eigenvalue weighted by molar-refractivity contribution is -0.205. The number of nitrogens with zero attached hydrogens (tertiary/aromatic N) is 2. The van der Waals surface area contributed by atoms with E-state index in [1.807, 2.05) is 18.4 Å². The van der Waals surface area contributed by atoms with Crippen molar-refractivity contribution in [1.29, 1.82) is 5.26 Å². The quantitative estimate of drug-likeness (QED) is 0.412. The highest BCUT2D eigenvalue weighted by atomic mass is 79.9. The zero-order chi connectivity index (χ0) is 22.7. The zero-order valence-corrected chi connectivity index (χ0v) is 19.8. The summed E-state index contributed by atoms with van der Waals surface area (Å²) in [7, 11) is 1.57. The Balaban J connectivity index is 2.07. The molecule has 5 atom stereocenters. The fourth-order valence-electron chi connectivity index (χ4n) is 3.15. The lowest BCUT2D eigenvalue weighted by Crippen LogP contribution is -2.57. The summed E-state index contributed by atoms with van der Waals surface area (Å²) >= 11 is 5.89. The van der Waals surface area contributed by atoms with Gasteiger partial charge in [-0.2, -0.15) is 5.26 Å². The number of hydrogen-bond donors (Lipinski definition) is 4. The van der Waals surface area contributed by atoms with Gasteiger partial charge in [-0.3, -0.25) is 0 Å². The van der Waals surface area contributed by atoms with E-state index in [9.17, 15) is 25.7 Å². The van der Waals surface area contributed by atoms with Gasteiger partial charge in [0.15, 0.2) is 0 Å². The molecule has 31 heavy (non-hydrogen) atoms. The molecule has 0 aliphatic carbocycles. The normalized spacial score (nSPS) is 25.8. The van der Waals surface area contributed by atoms with Crippen LogP contribution >= 0.6 is 39.5 Å². The summed E-state index contributed by atoms with van der Waals surface area (Å²) in [5.41, 5.74) is 0.598. The van der Waals surface area contributed by atoms with Crippen molar-refractivity contribution >= 4 is 39.5 Å². The molecule has 1 aromatic carbocycles. The van der Waals surface area contributed by atoms with E-state index in [0.717, 1.165) is 17.3 Å². The molecule has 4 N–H and O–H groups in total. The first-order chi connectivity index (χ1) is 14.9. The second-order valence-corrected chi connectivity index (χ2v) is 9.32. The van der Waals surface area contributed by atoms with Crippen molar-refractivity contribution in [2.75, 3.05) is 20.0 Å². The number of nitriles is 1. The molecule has 2 heterocycles. The van der Waals surface area contributed by atoms with Crippen LogP contribution in [-0.4, -0.2) is 75.2 Å². The Labute approximate surface area is 196 Å². The van der Waals surface area contributed by atoms with Crippen molar-refractivity contribution in [3.05, 3.63) is 34.3 Å². The van der Waals surface area contributed by atoms with E-state index in [1.165, 1.54) is 11.8 Å². The molecule has 1 fully saturated rings. The maximum absolute atomic E-state index is 10.4. The summed E-state index contributed by atoms with van der Waals surface area (Å²) in [6, 6.07) is 9.40. The molecule has 1 aliphatic rings. The maximum Gasteiger partial charge on any atom is 0.138 e. The average molecular weight is 529 g/mol. The van der Waals surface area contributed by atoms with E-state index >= 15 is 0 Å². The van der Waals surface area contributed by atoms with Crippen LogP contribution in [0.4, 0.5) is 0 Å². The maximum atomic E-state index is 10.4. The van der Waals surface area contributed by atoms with Crippen LogP contribution in [0.15, 0.2) is 38.8 Å². The lowest BCUT2D eigenvalue weighted by atomic mass is 10.0. The molecule has 0 bridgehead atoms. The topological polar surface area (TPSA) is 136 Å². The van der Waals surface area contributed by atoms with Crippen molar-refractivity contribution in [3.8, 4) is 22.9 Å². The lowest BCUT2D eigenvalue weighted by Gasteiger charge is -2.39. The van der Waals surface area contributed by atoms with Crippen LogP contribution < -0.4 is 4.74 Å². The third-order valence-electron chi connectivity index (χ3n) is 4.83. The fraction of sp³-hybridized carbons (Fsp3) is 0.400. The molecule has 8 nitrogen and oxygen atoms in total. The van der Waals surface area contributed by atoms with Gasteiger partial charge in [0.2, 0.25) is 0 Å². The first-order valence-electron chi connectivity index (χ1n) is 9.15. The molecular weight excluding hydrogens is 508 g/mol. The van der Waals surface area contributed by atoms with E-state index in [0.29, 0.717) is 25.8 Å². The molecular formula is C20H21BrN2O6S2. The average Bonchev–Trinajstić information content (AvgIpc) is 2.79. The number of pyridine rings is 1. The van der Waals surface area contributed by atoms with Crippen LogP contribution in [0.5, 0.6) is 5.75 Å². The molecule has 1 saturated heterocycles. The van der Waals surface area contributed by atoms with E-state index in [-0.39, 0.29) is 5.56 Å². The fourth-order valence-corrected chi connectivity index (χ4v) is 5.80. The van der Waals surface area contributed by atoms with Crippen LogP contribution in [0.25, 0.3) is 11.1 Å². The number of halogens is 1. The molecule has 2 aromatic rings. The van der Waals surface area contributed by atoms with Gasteiger partial charge in [0.1, 0.15) is 51.7 Å². The monoisotopic (exact) mass is 528 g/mol. The second kappa shape index (κ2) is 10.5. The minimum atomic E-state index is -1.51. The Morgan fingerprint density at radius 1 is 1.16 bits per heavy atom. The second-order valence-electron chi connectivity index (χ2n) is 6.65. The molecule has 0 radical (unpaired) electrons. The largest absolute Gasteiger partial charge is 0.497 e. The first-order valence-corrected chi connectivity index (χ1v) is 12.0. The Hall–Kier alpha value is -1.36. The summed E-state index contributed by atoms with van der Waals surface area (Å²) in [5.74, 6) is 0.674. The highest BCUT2D eigenvalue weighted by Crippen LogP contribution is 2.43. The molecule has 0 amide bonds. The third-order valence-corrected chi connectivity index (χ3v) is 7.69.